The molecular formula is C32H38N2. The van der Waals surface area contributed by atoms with Crippen molar-refractivity contribution in [2.45, 2.75) is 54.6 Å². The Morgan fingerprint density at radius 3 is 1.26 bits per heavy atom. The third-order valence-electron chi connectivity index (χ3n) is 8.37. The predicted molar refractivity (Wildman–Crippen MR) is 147 cm³/mol. The smallest absolute Gasteiger partial charge is 0.0235 e. The molecule has 4 aromatic carbocycles. The number of hydrogen-bond acceptors (Lipinski definition) is 2. The first-order chi connectivity index (χ1) is 16.3. The maximum atomic E-state index is 2.62. The highest BCUT2D eigenvalue weighted by atomic mass is 15.3. The number of nitrogens with zero attached hydrogens (tertiary/aromatic N) is 2. The van der Waals surface area contributed by atoms with Crippen LogP contribution in [0.1, 0.15) is 44.5 Å². The molecule has 1 fully saturated rings. The lowest BCUT2D eigenvalue weighted by Gasteiger charge is -2.35. The van der Waals surface area contributed by atoms with Gasteiger partial charge in [-0.15, -0.1) is 0 Å². The van der Waals surface area contributed by atoms with E-state index in [-0.39, 0.29) is 0 Å². The minimum atomic E-state index is 1.05. The second kappa shape index (κ2) is 9.17. The summed E-state index contributed by atoms with van der Waals surface area (Å²) in [6, 6.07) is 18.8. The molecule has 1 heterocycles. The zero-order valence-corrected chi connectivity index (χ0v) is 21.8. The van der Waals surface area contributed by atoms with E-state index in [9.17, 15) is 0 Å². The fraction of sp³-hybridized carbons (Fsp3) is 0.375. The molecular weight excluding hydrogens is 412 g/mol. The maximum Gasteiger partial charge on any atom is 0.0235 e. The summed E-state index contributed by atoms with van der Waals surface area (Å²) in [6.07, 6.45) is 0. The molecule has 5 rings (SSSR count). The number of hydrogen-bond donors (Lipinski definition) is 0. The standard InChI is InChI=1S/C32H38N2/c1-21-15-29-9-7-27(17-31(29)25(5)23(21)3)19-33-11-13-34(14-12-33)20-28-8-10-30-16-22(2)24(4)26(6)32(30)18-28/h7-10,15-18H,11-14,19-20H2,1-6H3. The second-order valence-corrected chi connectivity index (χ2v) is 10.6. The normalized spacial score (nSPS) is 15.5. The molecule has 2 nitrogen and oxygen atoms in total. The van der Waals surface area contributed by atoms with E-state index < -0.39 is 0 Å². The second-order valence-electron chi connectivity index (χ2n) is 10.6. The van der Waals surface area contributed by atoms with Gasteiger partial charge in [0.15, 0.2) is 0 Å². The highest BCUT2D eigenvalue weighted by Gasteiger charge is 2.18. The molecule has 1 aliphatic heterocycles. The summed E-state index contributed by atoms with van der Waals surface area (Å²) in [6.45, 7) is 20.1. The SMILES string of the molecule is Cc1cc2ccc(CN3CCN(Cc4ccc5cc(C)c(C)c(C)c5c4)CC3)cc2c(C)c1C. The van der Waals surface area contributed by atoms with Crippen LogP contribution in [0, 0.1) is 41.5 Å². The molecule has 4 aromatic rings. The van der Waals surface area contributed by atoms with Crippen LogP contribution in [0.5, 0.6) is 0 Å². The number of piperazine rings is 1. The molecule has 0 unspecified atom stereocenters. The van der Waals surface area contributed by atoms with Crippen LogP contribution in [0.4, 0.5) is 0 Å². The summed E-state index contributed by atoms with van der Waals surface area (Å²) >= 11 is 0. The zero-order chi connectivity index (χ0) is 24.0. The van der Waals surface area contributed by atoms with Gasteiger partial charge in [-0.2, -0.15) is 0 Å². The van der Waals surface area contributed by atoms with E-state index in [1.807, 2.05) is 0 Å². The lowest BCUT2D eigenvalue weighted by atomic mass is 9.95. The summed E-state index contributed by atoms with van der Waals surface area (Å²) in [5.74, 6) is 0. The lowest BCUT2D eigenvalue weighted by molar-refractivity contribution is 0.122. The fourth-order valence-electron chi connectivity index (χ4n) is 5.61. The Morgan fingerprint density at radius 1 is 0.500 bits per heavy atom. The summed E-state index contributed by atoms with van der Waals surface area (Å²) in [4.78, 5) is 5.23. The van der Waals surface area contributed by atoms with Crippen LogP contribution in [0.15, 0.2) is 48.5 Å². The van der Waals surface area contributed by atoms with Crippen LogP contribution in [0.3, 0.4) is 0 Å². The third kappa shape index (κ3) is 4.37. The number of fused-ring (bicyclic) bond motifs is 2. The molecule has 34 heavy (non-hydrogen) atoms. The van der Waals surface area contributed by atoms with Crippen molar-refractivity contribution in [1.29, 1.82) is 0 Å². The molecule has 176 valence electrons. The van der Waals surface area contributed by atoms with Crippen LogP contribution in [0.2, 0.25) is 0 Å². The lowest BCUT2D eigenvalue weighted by Crippen LogP contribution is -2.45. The van der Waals surface area contributed by atoms with Gasteiger partial charge in [0, 0.05) is 39.3 Å². The van der Waals surface area contributed by atoms with Gasteiger partial charge in [0.2, 0.25) is 0 Å². The van der Waals surface area contributed by atoms with Crippen LogP contribution in [-0.2, 0) is 13.1 Å². The summed E-state index contributed by atoms with van der Waals surface area (Å²) < 4.78 is 0. The zero-order valence-electron chi connectivity index (χ0n) is 21.8. The average molecular weight is 451 g/mol. The molecule has 0 saturated carbocycles. The van der Waals surface area contributed by atoms with Crippen molar-refractivity contribution in [1.82, 2.24) is 9.80 Å². The van der Waals surface area contributed by atoms with Crippen molar-refractivity contribution >= 4 is 21.5 Å². The Labute approximate surface area is 205 Å². The molecule has 0 spiro atoms. The first kappa shape index (κ1) is 23.1. The third-order valence-corrected chi connectivity index (χ3v) is 8.37. The van der Waals surface area contributed by atoms with Crippen molar-refractivity contribution in [2.24, 2.45) is 0 Å². The Balaban J connectivity index is 1.24. The Bertz CT molecular complexity index is 1270. The highest BCUT2D eigenvalue weighted by Crippen LogP contribution is 2.28. The summed E-state index contributed by atoms with van der Waals surface area (Å²) in [7, 11) is 0. The number of benzene rings is 4. The molecule has 0 radical (unpaired) electrons. The highest BCUT2D eigenvalue weighted by molar-refractivity contribution is 5.89. The largest absolute Gasteiger partial charge is 0.297 e. The van der Waals surface area contributed by atoms with Gasteiger partial charge in [0.05, 0.1) is 0 Å². The van der Waals surface area contributed by atoms with Crippen molar-refractivity contribution < 1.29 is 0 Å². The average Bonchev–Trinajstić information content (AvgIpc) is 2.83. The van der Waals surface area contributed by atoms with Crippen molar-refractivity contribution in [2.75, 3.05) is 26.2 Å². The van der Waals surface area contributed by atoms with Gasteiger partial charge in [-0.25, -0.2) is 0 Å². The van der Waals surface area contributed by atoms with Gasteiger partial charge in [-0.05, 0) is 120 Å². The van der Waals surface area contributed by atoms with E-state index in [2.05, 4.69) is 99.9 Å². The fourth-order valence-corrected chi connectivity index (χ4v) is 5.61. The summed E-state index contributed by atoms with van der Waals surface area (Å²) in [5.41, 5.74) is 11.3. The van der Waals surface area contributed by atoms with Crippen LogP contribution in [0.25, 0.3) is 21.5 Å². The van der Waals surface area contributed by atoms with E-state index in [4.69, 9.17) is 0 Å². The summed E-state index contributed by atoms with van der Waals surface area (Å²) in [5, 5.41) is 5.56. The molecule has 0 bridgehead atoms. The van der Waals surface area contributed by atoms with E-state index in [0.29, 0.717) is 0 Å². The van der Waals surface area contributed by atoms with Crippen molar-refractivity contribution in [3.05, 3.63) is 93.0 Å². The monoisotopic (exact) mass is 450 g/mol. The number of aryl methyl sites for hydroxylation is 4. The van der Waals surface area contributed by atoms with Gasteiger partial charge in [-0.3, -0.25) is 9.80 Å². The molecule has 0 aliphatic carbocycles. The molecule has 0 aromatic heterocycles. The Kier molecular flexibility index (Phi) is 6.22. The van der Waals surface area contributed by atoms with Crippen molar-refractivity contribution in [3.8, 4) is 0 Å². The molecule has 1 saturated heterocycles. The van der Waals surface area contributed by atoms with Crippen molar-refractivity contribution in [3.63, 3.8) is 0 Å². The quantitative estimate of drug-likeness (QED) is 0.325. The number of rotatable bonds is 4. The minimum Gasteiger partial charge on any atom is -0.297 e. The van der Waals surface area contributed by atoms with E-state index >= 15 is 0 Å². The molecule has 0 atom stereocenters. The topological polar surface area (TPSA) is 6.48 Å². The van der Waals surface area contributed by atoms with Gasteiger partial charge in [0.1, 0.15) is 0 Å². The van der Waals surface area contributed by atoms with Gasteiger partial charge < -0.3 is 0 Å². The van der Waals surface area contributed by atoms with Gasteiger partial charge in [0.25, 0.3) is 0 Å². The van der Waals surface area contributed by atoms with E-state index in [0.717, 1.165) is 39.3 Å². The molecule has 0 amide bonds. The van der Waals surface area contributed by atoms with E-state index in [1.165, 1.54) is 66.1 Å². The van der Waals surface area contributed by atoms with E-state index in [1.54, 1.807) is 0 Å². The Hall–Kier alpha value is -2.68. The van der Waals surface area contributed by atoms with Crippen LogP contribution < -0.4 is 0 Å². The van der Waals surface area contributed by atoms with Crippen LogP contribution >= 0.6 is 0 Å². The predicted octanol–water partition coefficient (Wildman–Crippen LogP) is 7.16. The molecule has 1 aliphatic rings. The molecule has 2 heteroatoms. The maximum absolute atomic E-state index is 2.62. The minimum absolute atomic E-state index is 1.05. The first-order valence-electron chi connectivity index (χ1n) is 12.7. The van der Waals surface area contributed by atoms with Gasteiger partial charge in [-0.1, -0.05) is 36.4 Å². The van der Waals surface area contributed by atoms with Gasteiger partial charge >= 0.3 is 0 Å². The van der Waals surface area contributed by atoms with Crippen LogP contribution in [-0.4, -0.2) is 36.0 Å². The molecule has 0 N–H and O–H groups in total. The Morgan fingerprint density at radius 2 is 0.882 bits per heavy atom. The first-order valence-corrected chi connectivity index (χ1v) is 12.7.